The topological polar surface area (TPSA) is 81.5 Å². The maximum Gasteiger partial charge on any atom is 0.134 e. The van der Waals surface area contributed by atoms with Gasteiger partial charge in [-0.3, -0.25) is 0 Å². The van der Waals surface area contributed by atoms with Crippen LogP contribution in [0.5, 0.6) is 0 Å². The quantitative estimate of drug-likeness (QED) is 0.661. The van der Waals surface area contributed by atoms with Gasteiger partial charge in [-0.1, -0.05) is 0 Å². The number of nitrogens with zero attached hydrogens (tertiary/aromatic N) is 3. The predicted octanol–water partition coefficient (Wildman–Crippen LogP) is -0.158. The Balaban J connectivity index is 2.09. The molecule has 1 aromatic heterocycles. The Kier molecular flexibility index (Phi) is 4.11. The van der Waals surface area contributed by atoms with Gasteiger partial charge in [-0.05, 0) is 12.8 Å². The summed E-state index contributed by atoms with van der Waals surface area (Å²) >= 11 is 0. The Morgan fingerprint density at radius 3 is 3.06 bits per heavy atom. The van der Waals surface area contributed by atoms with Gasteiger partial charge in [-0.15, -0.1) is 0 Å². The Hall–Kier alpha value is -1.40. The van der Waals surface area contributed by atoms with Crippen LogP contribution in [0, 0.1) is 0 Å². The minimum atomic E-state index is 0.0717. The van der Waals surface area contributed by atoms with Gasteiger partial charge in [0.15, 0.2) is 0 Å². The molecule has 0 aromatic carbocycles. The summed E-state index contributed by atoms with van der Waals surface area (Å²) in [5, 5.41) is 21.0. The Labute approximate surface area is 100 Å². The molecule has 1 aliphatic rings. The van der Waals surface area contributed by atoms with E-state index in [1.165, 1.54) is 6.33 Å². The largest absolute Gasteiger partial charge is 0.395 e. The van der Waals surface area contributed by atoms with Crippen LogP contribution in [0.15, 0.2) is 12.4 Å². The molecular formula is C11H18N4O2. The third-order valence-corrected chi connectivity index (χ3v) is 2.95. The monoisotopic (exact) mass is 238 g/mol. The summed E-state index contributed by atoms with van der Waals surface area (Å²) in [6.07, 6.45) is 3.58. The van der Waals surface area contributed by atoms with Crippen molar-refractivity contribution in [3.8, 4) is 0 Å². The Morgan fingerprint density at radius 2 is 2.29 bits per heavy atom. The summed E-state index contributed by atoms with van der Waals surface area (Å²) in [5.74, 6) is 1.53. The van der Waals surface area contributed by atoms with Crippen LogP contribution in [0.25, 0.3) is 0 Å². The van der Waals surface area contributed by atoms with Crippen molar-refractivity contribution < 1.29 is 10.2 Å². The molecule has 94 valence electrons. The predicted molar refractivity (Wildman–Crippen MR) is 65.1 cm³/mol. The molecule has 17 heavy (non-hydrogen) atoms. The highest BCUT2D eigenvalue weighted by Crippen LogP contribution is 2.24. The zero-order valence-corrected chi connectivity index (χ0v) is 9.71. The first-order valence-corrected chi connectivity index (χ1v) is 5.89. The van der Waals surface area contributed by atoms with Crippen molar-refractivity contribution in [2.24, 2.45) is 0 Å². The van der Waals surface area contributed by atoms with E-state index in [1.54, 1.807) is 0 Å². The van der Waals surface area contributed by atoms with Crippen LogP contribution in [0.4, 0.5) is 11.6 Å². The van der Waals surface area contributed by atoms with Crippen molar-refractivity contribution in [1.82, 2.24) is 9.97 Å². The molecule has 0 saturated carbocycles. The van der Waals surface area contributed by atoms with Gasteiger partial charge in [0.25, 0.3) is 0 Å². The molecule has 0 spiro atoms. The summed E-state index contributed by atoms with van der Waals surface area (Å²) in [6, 6.07) is 2.01. The van der Waals surface area contributed by atoms with Crippen LogP contribution in [0.2, 0.25) is 0 Å². The molecule has 0 radical (unpaired) electrons. The molecule has 0 amide bonds. The van der Waals surface area contributed by atoms with Crippen molar-refractivity contribution >= 4 is 11.6 Å². The first kappa shape index (κ1) is 12.1. The van der Waals surface area contributed by atoms with E-state index in [0.29, 0.717) is 12.4 Å². The van der Waals surface area contributed by atoms with Crippen LogP contribution >= 0.6 is 0 Å². The van der Waals surface area contributed by atoms with E-state index in [4.69, 9.17) is 5.11 Å². The maximum atomic E-state index is 9.27. The summed E-state index contributed by atoms with van der Waals surface area (Å²) < 4.78 is 0. The third kappa shape index (κ3) is 2.83. The number of hydrogen-bond acceptors (Lipinski definition) is 6. The van der Waals surface area contributed by atoms with Gasteiger partial charge in [-0.2, -0.15) is 0 Å². The molecule has 2 heterocycles. The highest BCUT2D eigenvalue weighted by molar-refractivity contribution is 5.49. The summed E-state index contributed by atoms with van der Waals surface area (Å²) in [6.45, 7) is 1.62. The number of nitrogens with one attached hydrogen (secondary N) is 1. The van der Waals surface area contributed by atoms with Gasteiger partial charge in [-0.25, -0.2) is 9.97 Å². The van der Waals surface area contributed by atoms with Crippen molar-refractivity contribution in [2.45, 2.75) is 18.9 Å². The van der Waals surface area contributed by atoms with E-state index in [9.17, 15) is 5.11 Å². The fraction of sp³-hybridized carbons (Fsp3) is 0.636. The molecule has 3 N–H and O–H groups in total. The Bertz CT molecular complexity index is 361. The van der Waals surface area contributed by atoms with Crippen LogP contribution in [-0.2, 0) is 0 Å². The van der Waals surface area contributed by atoms with Crippen molar-refractivity contribution in [1.29, 1.82) is 0 Å². The van der Waals surface area contributed by atoms with Crippen molar-refractivity contribution in [3.63, 3.8) is 0 Å². The number of aromatic nitrogens is 2. The maximum absolute atomic E-state index is 9.27. The minimum absolute atomic E-state index is 0.0717. The van der Waals surface area contributed by atoms with Gasteiger partial charge in [0.05, 0.1) is 19.3 Å². The lowest BCUT2D eigenvalue weighted by molar-refractivity contribution is 0.266. The molecule has 0 bridgehead atoms. The lowest BCUT2D eigenvalue weighted by Crippen LogP contribution is -2.32. The standard InChI is InChI=1S/C11H18N4O2/c16-5-3-12-10-6-11(14-8-13-10)15-4-1-2-9(15)7-17/h6,8-9,16-17H,1-5,7H2,(H,12,13,14). The van der Waals surface area contributed by atoms with E-state index in [1.807, 2.05) is 6.07 Å². The zero-order valence-electron chi connectivity index (χ0n) is 9.71. The molecule has 1 unspecified atom stereocenters. The van der Waals surface area contributed by atoms with Crippen LogP contribution < -0.4 is 10.2 Å². The minimum Gasteiger partial charge on any atom is -0.395 e. The first-order chi connectivity index (χ1) is 8.35. The lowest BCUT2D eigenvalue weighted by Gasteiger charge is -2.24. The van der Waals surface area contributed by atoms with E-state index in [-0.39, 0.29) is 19.3 Å². The van der Waals surface area contributed by atoms with Crippen LogP contribution in [-0.4, -0.2) is 52.5 Å². The molecule has 6 heteroatoms. The molecule has 1 fully saturated rings. The molecule has 6 nitrogen and oxygen atoms in total. The third-order valence-electron chi connectivity index (χ3n) is 2.95. The summed E-state index contributed by atoms with van der Waals surface area (Å²) in [4.78, 5) is 10.4. The summed E-state index contributed by atoms with van der Waals surface area (Å²) in [7, 11) is 0. The molecule has 0 aliphatic carbocycles. The van der Waals surface area contributed by atoms with E-state index < -0.39 is 0 Å². The van der Waals surface area contributed by atoms with E-state index >= 15 is 0 Å². The average molecular weight is 238 g/mol. The van der Waals surface area contributed by atoms with Gasteiger partial charge < -0.3 is 20.4 Å². The fourth-order valence-corrected chi connectivity index (χ4v) is 2.11. The number of anilines is 2. The highest BCUT2D eigenvalue weighted by Gasteiger charge is 2.24. The number of rotatable bonds is 5. The molecule has 2 rings (SSSR count). The number of aliphatic hydroxyl groups is 2. The molecular weight excluding hydrogens is 220 g/mol. The lowest BCUT2D eigenvalue weighted by atomic mass is 10.2. The molecule has 1 aliphatic heterocycles. The van der Waals surface area contributed by atoms with Gasteiger partial charge in [0, 0.05) is 19.2 Å². The van der Waals surface area contributed by atoms with Gasteiger partial charge in [0.1, 0.15) is 18.0 Å². The number of hydrogen-bond donors (Lipinski definition) is 3. The molecule has 1 aromatic rings. The van der Waals surface area contributed by atoms with E-state index in [2.05, 4.69) is 20.2 Å². The van der Waals surface area contributed by atoms with E-state index in [0.717, 1.165) is 25.2 Å². The van der Waals surface area contributed by atoms with Gasteiger partial charge in [0.2, 0.25) is 0 Å². The van der Waals surface area contributed by atoms with Crippen molar-refractivity contribution in [2.75, 3.05) is 36.5 Å². The molecule has 1 saturated heterocycles. The molecule has 1 atom stereocenters. The van der Waals surface area contributed by atoms with Crippen molar-refractivity contribution in [3.05, 3.63) is 12.4 Å². The smallest absolute Gasteiger partial charge is 0.134 e. The van der Waals surface area contributed by atoms with Crippen LogP contribution in [0.3, 0.4) is 0 Å². The average Bonchev–Trinajstić information content (AvgIpc) is 2.85. The van der Waals surface area contributed by atoms with Gasteiger partial charge >= 0.3 is 0 Å². The second-order valence-corrected chi connectivity index (χ2v) is 4.08. The second kappa shape index (κ2) is 5.79. The SMILES string of the molecule is OCCNc1cc(N2CCCC2CO)ncn1. The van der Waals surface area contributed by atoms with Crippen LogP contribution in [0.1, 0.15) is 12.8 Å². The highest BCUT2D eigenvalue weighted by atomic mass is 16.3. The first-order valence-electron chi connectivity index (χ1n) is 5.89. The normalized spacial score (nSPS) is 19.6. The fourth-order valence-electron chi connectivity index (χ4n) is 2.11. The Morgan fingerprint density at radius 1 is 1.41 bits per heavy atom. The zero-order chi connectivity index (χ0) is 12.1. The summed E-state index contributed by atoms with van der Waals surface area (Å²) in [5.41, 5.74) is 0. The second-order valence-electron chi connectivity index (χ2n) is 4.08. The number of aliphatic hydroxyl groups excluding tert-OH is 2.